The van der Waals surface area contributed by atoms with E-state index in [-0.39, 0.29) is 34.6 Å². The normalized spacial score (nSPS) is 16.5. The van der Waals surface area contributed by atoms with E-state index >= 15 is 0 Å². The molecule has 2 aliphatic rings. The van der Waals surface area contributed by atoms with Crippen molar-refractivity contribution in [3.8, 4) is 0 Å². The summed E-state index contributed by atoms with van der Waals surface area (Å²) in [6.45, 7) is 13.5. The Bertz CT molecular complexity index is 1430. The molecular weight excluding hydrogens is 645 g/mol. The monoisotopic (exact) mass is 699 g/mol. The highest BCUT2D eigenvalue weighted by atomic mass is 32.2. The molecule has 2 aromatic carbocycles. The third-order valence-electron chi connectivity index (χ3n) is 7.87. The SMILES string of the molecule is CC(C)(C)OC(=O)N1CCC(CCc2cccc(F)c2)CC1.CC(C)(C)OC(=O)N1CCC(CS(=O)(=O)c2cccc(F)c2)CC1.[2H]CF. The molecule has 0 bridgehead atoms. The lowest BCUT2D eigenvalue weighted by atomic mass is 9.91. The maximum Gasteiger partial charge on any atom is 0.410 e. The largest absolute Gasteiger partial charge is 0.444 e. The number of carbonyl (C=O) groups is 2. The number of sulfone groups is 1. The summed E-state index contributed by atoms with van der Waals surface area (Å²) in [6, 6.07) is 11.9. The van der Waals surface area contributed by atoms with E-state index in [9.17, 15) is 31.2 Å². The van der Waals surface area contributed by atoms with E-state index in [0.29, 0.717) is 31.8 Å². The van der Waals surface area contributed by atoms with Crippen molar-refractivity contribution in [1.82, 2.24) is 9.80 Å². The van der Waals surface area contributed by atoms with Crippen molar-refractivity contribution in [2.45, 2.75) is 96.2 Å². The number of hydrogen-bond acceptors (Lipinski definition) is 6. The Balaban J connectivity index is 0.000000316. The summed E-state index contributed by atoms with van der Waals surface area (Å²) in [6.07, 6.45) is 4.54. The molecule has 2 heterocycles. The van der Waals surface area contributed by atoms with Crippen LogP contribution in [-0.2, 0) is 25.7 Å². The zero-order chi connectivity index (χ0) is 36.8. The standard InChI is InChI=1S/C18H26FNO2.C17H24FNO4S.CH3F/c1-18(2,3)22-17(21)20-11-9-14(10-12-20)7-8-15-5-4-6-16(19)13-15;1-17(2,3)23-16(20)19-9-7-13(8-10-19)12-24(21,22)15-6-4-5-14(18)11-15;1-2/h4-6,13-14H,7-12H2,1-3H3;4-6,11,13H,7-10,12H2,1-3H3;1H3/i;;1D. The van der Waals surface area contributed by atoms with Gasteiger partial charge in [0, 0.05) is 26.2 Å². The van der Waals surface area contributed by atoms with Crippen LogP contribution in [0.25, 0.3) is 0 Å². The quantitative estimate of drug-likeness (QED) is 0.302. The van der Waals surface area contributed by atoms with Crippen molar-refractivity contribution in [3.05, 3.63) is 65.7 Å². The van der Waals surface area contributed by atoms with Gasteiger partial charge in [-0.05, 0) is 128 Å². The third-order valence-corrected chi connectivity index (χ3v) is 9.76. The van der Waals surface area contributed by atoms with Gasteiger partial charge in [-0.2, -0.15) is 0 Å². The number of amides is 2. The Kier molecular flexibility index (Phi) is 15.1. The highest BCUT2D eigenvalue weighted by Crippen LogP contribution is 2.25. The number of hydrogen-bond donors (Lipinski definition) is 0. The molecule has 0 unspecified atom stereocenters. The molecular formula is C36H53F3N2O6S. The summed E-state index contributed by atoms with van der Waals surface area (Å²) in [5.74, 6) is -0.203. The number of nitrogens with zero attached hydrogens (tertiary/aromatic N) is 2. The van der Waals surface area contributed by atoms with Crippen molar-refractivity contribution in [3.63, 3.8) is 0 Å². The first-order valence-corrected chi connectivity index (χ1v) is 18.0. The van der Waals surface area contributed by atoms with Gasteiger partial charge in [-0.25, -0.2) is 26.8 Å². The molecule has 0 spiro atoms. The van der Waals surface area contributed by atoms with Crippen LogP contribution in [0.3, 0.4) is 0 Å². The Morgan fingerprint density at radius 1 is 0.792 bits per heavy atom. The molecule has 2 fully saturated rings. The van der Waals surface area contributed by atoms with Gasteiger partial charge in [0.25, 0.3) is 0 Å². The van der Waals surface area contributed by atoms with Crippen molar-refractivity contribution in [1.29, 1.82) is 0 Å². The van der Waals surface area contributed by atoms with Crippen LogP contribution in [0, 0.1) is 23.5 Å². The van der Waals surface area contributed by atoms with Crippen LogP contribution >= 0.6 is 0 Å². The fourth-order valence-electron chi connectivity index (χ4n) is 5.47. The van der Waals surface area contributed by atoms with Crippen molar-refractivity contribution in [2.75, 3.05) is 39.1 Å². The van der Waals surface area contributed by atoms with Crippen LogP contribution in [0.15, 0.2) is 53.4 Å². The molecule has 0 saturated carbocycles. The molecule has 0 atom stereocenters. The van der Waals surface area contributed by atoms with Crippen molar-refractivity contribution in [2.24, 2.45) is 11.8 Å². The van der Waals surface area contributed by atoms with Gasteiger partial charge in [-0.3, -0.25) is 4.39 Å². The Hall–Kier alpha value is -3.28. The van der Waals surface area contributed by atoms with E-state index in [4.69, 9.17) is 10.8 Å². The summed E-state index contributed by atoms with van der Waals surface area (Å²) in [4.78, 5) is 27.4. The molecule has 8 nitrogen and oxygen atoms in total. The molecule has 2 aliphatic heterocycles. The van der Waals surface area contributed by atoms with E-state index in [1.807, 2.05) is 47.6 Å². The summed E-state index contributed by atoms with van der Waals surface area (Å²) in [5, 5.41) is 0. The van der Waals surface area contributed by atoms with Gasteiger partial charge in [-0.1, -0.05) is 18.2 Å². The number of alkyl halides is 1. The van der Waals surface area contributed by atoms with Crippen LogP contribution < -0.4 is 0 Å². The van der Waals surface area contributed by atoms with E-state index in [1.54, 1.807) is 21.9 Å². The minimum absolute atomic E-state index is 0.0112. The van der Waals surface area contributed by atoms with Gasteiger partial charge in [0.2, 0.25) is 0 Å². The number of likely N-dealkylation sites (tertiary alicyclic amines) is 2. The molecule has 0 N–H and O–H groups in total. The Labute approximate surface area is 286 Å². The highest BCUT2D eigenvalue weighted by molar-refractivity contribution is 7.91. The first-order valence-electron chi connectivity index (χ1n) is 17.1. The zero-order valence-corrected chi connectivity index (χ0v) is 30.0. The highest BCUT2D eigenvalue weighted by Gasteiger charge is 2.30. The van der Waals surface area contributed by atoms with E-state index < -0.39 is 34.0 Å². The molecule has 48 heavy (non-hydrogen) atoms. The van der Waals surface area contributed by atoms with Gasteiger partial charge < -0.3 is 19.3 Å². The summed E-state index contributed by atoms with van der Waals surface area (Å²) < 4.78 is 77.4. The second-order valence-corrected chi connectivity index (χ2v) is 16.3. The van der Waals surface area contributed by atoms with Gasteiger partial charge in [0.1, 0.15) is 22.8 Å². The van der Waals surface area contributed by atoms with E-state index in [2.05, 4.69) is 0 Å². The lowest BCUT2D eigenvalue weighted by Gasteiger charge is -2.33. The van der Waals surface area contributed by atoms with Crippen molar-refractivity contribution < 1.29 is 42.0 Å². The predicted molar refractivity (Wildman–Crippen MR) is 181 cm³/mol. The first kappa shape index (κ1) is 39.2. The fourth-order valence-corrected chi connectivity index (χ4v) is 7.19. The third kappa shape index (κ3) is 14.9. The molecule has 270 valence electrons. The number of ether oxygens (including phenoxy) is 2. The molecule has 0 aromatic heterocycles. The lowest BCUT2D eigenvalue weighted by Crippen LogP contribution is -2.42. The molecule has 0 aliphatic carbocycles. The van der Waals surface area contributed by atoms with Crippen molar-refractivity contribution >= 4 is 22.0 Å². The van der Waals surface area contributed by atoms with E-state index in [1.165, 1.54) is 24.3 Å². The Morgan fingerprint density at radius 2 is 1.23 bits per heavy atom. The van der Waals surface area contributed by atoms with Crippen LogP contribution in [0.2, 0.25) is 0 Å². The van der Waals surface area contributed by atoms with E-state index in [0.717, 1.165) is 50.4 Å². The Morgan fingerprint density at radius 3 is 1.67 bits per heavy atom. The first-order chi connectivity index (χ1) is 22.8. The molecule has 12 heteroatoms. The van der Waals surface area contributed by atoms with Crippen LogP contribution in [0.1, 0.15) is 80.6 Å². The van der Waals surface area contributed by atoms with Crippen LogP contribution in [0.5, 0.6) is 0 Å². The lowest BCUT2D eigenvalue weighted by molar-refractivity contribution is 0.0174. The topological polar surface area (TPSA) is 93.2 Å². The van der Waals surface area contributed by atoms with Crippen LogP contribution in [0.4, 0.5) is 22.8 Å². The average molecular weight is 700 g/mol. The molecule has 4 rings (SSSR count). The second kappa shape index (κ2) is 18.5. The summed E-state index contributed by atoms with van der Waals surface area (Å²) >= 11 is 0. The van der Waals surface area contributed by atoms with Gasteiger partial charge in [-0.15, -0.1) is 0 Å². The molecule has 0 radical (unpaired) electrons. The van der Waals surface area contributed by atoms with Gasteiger partial charge in [0.15, 0.2) is 9.84 Å². The number of halogens is 3. The van der Waals surface area contributed by atoms with Crippen LogP contribution in [-0.4, -0.2) is 80.7 Å². The maximum absolute atomic E-state index is 13.2. The number of rotatable bonds is 6. The summed E-state index contributed by atoms with van der Waals surface area (Å²) in [5.41, 5.74) is 0.0644. The summed E-state index contributed by atoms with van der Waals surface area (Å²) in [7, 11) is -4.52. The second-order valence-electron chi connectivity index (χ2n) is 14.2. The number of aryl methyl sites for hydroxylation is 1. The molecule has 2 saturated heterocycles. The molecule has 2 amide bonds. The van der Waals surface area contributed by atoms with Gasteiger partial charge in [0.05, 0.1) is 19.2 Å². The number of carbonyl (C=O) groups excluding carboxylic acids is 2. The van der Waals surface area contributed by atoms with Gasteiger partial charge >= 0.3 is 12.2 Å². The molecule has 2 aromatic rings. The minimum atomic E-state index is -3.52. The average Bonchev–Trinajstić information content (AvgIpc) is 3.00. The maximum atomic E-state index is 13.2. The predicted octanol–water partition coefficient (Wildman–Crippen LogP) is 8.24. The number of benzene rings is 2. The zero-order valence-electron chi connectivity index (χ0n) is 30.1. The number of piperidine rings is 2. The smallest absolute Gasteiger partial charge is 0.410 e. The minimum Gasteiger partial charge on any atom is -0.444 e. The fraction of sp³-hybridized carbons (Fsp3) is 0.611.